The minimum atomic E-state index is -0.00806. The average Bonchev–Trinajstić information content (AvgIpc) is 2.49. The topological polar surface area (TPSA) is 35.5 Å². The normalized spacial score (nSPS) is 36.1. The number of piperidine rings is 1. The predicted octanol–water partition coefficient (Wildman–Crippen LogP) is 2.92. The molecule has 0 bridgehead atoms. The van der Waals surface area contributed by atoms with Gasteiger partial charge in [0, 0.05) is 17.6 Å². The first-order valence-electron chi connectivity index (χ1n) is 8.86. The molecule has 3 heteroatoms. The van der Waals surface area contributed by atoms with Crippen molar-refractivity contribution >= 4 is 0 Å². The van der Waals surface area contributed by atoms with Crippen molar-refractivity contribution in [3.8, 4) is 0 Å². The molecule has 0 spiro atoms. The summed E-state index contributed by atoms with van der Waals surface area (Å²) in [6, 6.07) is 1.49. The van der Waals surface area contributed by atoms with Crippen LogP contribution in [0.3, 0.4) is 0 Å². The molecule has 118 valence electrons. The molecule has 1 aliphatic heterocycles. The maximum absolute atomic E-state index is 9.88. The monoisotopic (exact) mass is 282 g/mol. The van der Waals surface area contributed by atoms with Gasteiger partial charge in [0.2, 0.25) is 0 Å². The van der Waals surface area contributed by atoms with Gasteiger partial charge in [-0.2, -0.15) is 0 Å². The van der Waals surface area contributed by atoms with E-state index in [4.69, 9.17) is 0 Å². The third-order valence-electron chi connectivity index (χ3n) is 5.44. The van der Waals surface area contributed by atoms with Gasteiger partial charge in [0.25, 0.3) is 0 Å². The zero-order valence-corrected chi connectivity index (χ0v) is 13.5. The molecule has 0 aromatic carbocycles. The third kappa shape index (κ3) is 3.75. The Labute approximate surface area is 125 Å². The van der Waals surface area contributed by atoms with Crippen LogP contribution in [0.5, 0.6) is 0 Å². The lowest BCUT2D eigenvalue weighted by molar-refractivity contribution is 0.0212. The Balaban J connectivity index is 2.02. The molecule has 0 amide bonds. The molecule has 3 unspecified atom stereocenters. The summed E-state index contributed by atoms with van der Waals surface area (Å²) < 4.78 is 0. The van der Waals surface area contributed by atoms with Crippen LogP contribution in [0.25, 0.3) is 0 Å². The Hall–Kier alpha value is -0.120. The van der Waals surface area contributed by atoms with Crippen LogP contribution in [-0.4, -0.2) is 47.3 Å². The van der Waals surface area contributed by atoms with Crippen molar-refractivity contribution < 1.29 is 5.11 Å². The fraction of sp³-hybridized carbons (Fsp3) is 1.00. The highest BCUT2D eigenvalue weighted by Gasteiger charge is 2.39. The fourth-order valence-corrected chi connectivity index (χ4v) is 4.50. The van der Waals surface area contributed by atoms with Crippen molar-refractivity contribution in [2.45, 2.75) is 89.3 Å². The lowest BCUT2D eigenvalue weighted by Crippen LogP contribution is -2.57. The van der Waals surface area contributed by atoms with E-state index >= 15 is 0 Å². The van der Waals surface area contributed by atoms with Crippen molar-refractivity contribution in [3.63, 3.8) is 0 Å². The van der Waals surface area contributed by atoms with Crippen LogP contribution in [0.1, 0.15) is 71.6 Å². The molecule has 2 N–H and O–H groups in total. The van der Waals surface area contributed by atoms with Gasteiger partial charge in [0.1, 0.15) is 0 Å². The highest BCUT2D eigenvalue weighted by atomic mass is 16.3. The molecule has 2 aliphatic rings. The first kappa shape index (κ1) is 16.3. The molecule has 0 aromatic rings. The number of hydrogen-bond donors (Lipinski definition) is 2. The second-order valence-corrected chi connectivity index (χ2v) is 6.90. The number of aliphatic hydroxyl groups is 1. The minimum Gasteiger partial charge on any atom is -0.394 e. The molecule has 20 heavy (non-hydrogen) atoms. The molecule has 1 aliphatic carbocycles. The van der Waals surface area contributed by atoms with Crippen LogP contribution in [0.15, 0.2) is 0 Å². The van der Waals surface area contributed by atoms with Gasteiger partial charge < -0.3 is 10.4 Å². The van der Waals surface area contributed by atoms with Crippen molar-refractivity contribution in [2.75, 3.05) is 19.7 Å². The fourth-order valence-electron chi connectivity index (χ4n) is 4.50. The number of nitrogens with one attached hydrogen (secondary N) is 1. The maximum Gasteiger partial charge on any atom is 0.0613 e. The quantitative estimate of drug-likeness (QED) is 0.786. The Morgan fingerprint density at radius 1 is 1.20 bits per heavy atom. The molecular weight excluding hydrogens is 248 g/mol. The molecule has 3 nitrogen and oxygen atoms in total. The summed E-state index contributed by atoms with van der Waals surface area (Å²) in [7, 11) is 0. The second-order valence-electron chi connectivity index (χ2n) is 6.90. The first-order chi connectivity index (χ1) is 9.74. The third-order valence-corrected chi connectivity index (χ3v) is 5.44. The molecule has 2 rings (SSSR count). The van der Waals surface area contributed by atoms with E-state index in [1.54, 1.807) is 0 Å². The molecule has 1 saturated heterocycles. The predicted molar refractivity (Wildman–Crippen MR) is 85.0 cm³/mol. The Morgan fingerprint density at radius 3 is 2.75 bits per heavy atom. The van der Waals surface area contributed by atoms with Crippen LogP contribution in [-0.2, 0) is 0 Å². The smallest absolute Gasteiger partial charge is 0.0613 e. The summed E-state index contributed by atoms with van der Waals surface area (Å²) in [5.74, 6) is 0. The summed E-state index contributed by atoms with van der Waals surface area (Å²) in [6.07, 6.45) is 11.7. The van der Waals surface area contributed by atoms with E-state index in [1.165, 1.54) is 51.5 Å². The highest BCUT2D eigenvalue weighted by molar-refractivity contribution is 4.97. The zero-order chi connectivity index (χ0) is 14.4. The average molecular weight is 282 g/mol. The van der Waals surface area contributed by atoms with Crippen molar-refractivity contribution in [1.29, 1.82) is 0 Å². The molecule has 0 radical (unpaired) electrons. The van der Waals surface area contributed by atoms with Gasteiger partial charge in [-0.25, -0.2) is 0 Å². The van der Waals surface area contributed by atoms with Crippen molar-refractivity contribution in [1.82, 2.24) is 10.2 Å². The molecular formula is C17H34N2O. The molecule has 1 heterocycles. The van der Waals surface area contributed by atoms with E-state index < -0.39 is 0 Å². The largest absolute Gasteiger partial charge is 0.394 e. The zero-order valence-electron chi connectivity index (χ0n) is 13.5. The molecule has 1 saturated carbocycles. The summed E-state index contributed by atoms with van der Waals surface area (Å²) in [5.41, 5.74) is -0.00806. The SMILES string of the molecule is CCCC1CCCCN1C1CCCC(CO)(NCC)C1. The van der Waals surface area contributed by atoms with E-state index in [2.05, 4.69) is 24.1 Å². The lowest BCUT2D eigenvalue weighted by atomic mass is 9.77. The number of nitrogens with zero attached hydrogens (tertiary/aromatic N) is 1. The van der Waals surface area contributed by atoms with Gasteiger partial charge in [-0.05, 0) is 58.0 Å². The molecule has 0 aromatic heterocycles. The van der Waals surface area contributed by atoms with Crippen LogP contribution >= 0.6 is 0 Å². The van der Waals surface area contributed by atoms with Gasteiger partial charge in [-0.15, -0.1) is 0 Å². The minimum absolute atomic E-state index is 0.00806. The number of likely N-dealkylation sites (tertiary alicyclic amines) is 1. The van der Waals surface area contributed by atoms with E-state index in [9.17, 15) is 5.11 Å². The summed E-state index contributed by atoms with van der Waals surface area (Å²) in [5, 5.41) is 13.5. The van der Waals surface area contributed by atoms with Crippen LogP contribution in [0.2, 0.25) is 0 Å². The van der Waals surface area contributed by atoms with Crippen LogP contribution < -0.4 is 5.32 Å². The molecule has 2 fully saturated rings. The van der Waals surface area contributed by atoms with Crippen LogP contribution in [0.4, 0.5) is 0 Å². The van der Waals surface area contributed by atoms with Gasteiger partial charge in [-0.1, -0.05) is 26.7 Å². The van der Waals surface area contributed by atoms with E-state index in [-0.39, 0.29) is 5.54 Å². The number of aliphatic hydroxyl groups excluding tert-OH is 1. The lowest BCUT2D eigenvalue weighted by Gasteiger charge is -2.48. The van der Waals surface area contributed by atoms with Gasteiger partial charge in [-0.3, -0.25) is 4.90 Å². The highest BCUT2D eigenvalue weighted by Crippen LogP contribution is 2.35. The van der Waals surface area contributed by atoms with Gasteiger partial charge in [0.05, 0.1) is 6.61 Å². The molecule has 3 atom stereocenters. The van der Waals surface area contributed by atoms with E-state index in [0.29, 0.717) is 12.6 Å². The van der Waals surface area contributed by atoms with Crippen LogP contribution in [0, 0.1) is 0 Å². The van der Waals surface area contributed by atoms with Gasteiger partial charge in [0.15, 0.2) is 0 Å². The first-order valence-corrected chi connectivity index (χ1v) is 8.86. The second kappa shape index (κ2) is 7.77. The van der Waals surface area contributed by atoms with Crippen molar-refractivity contribution in [3.05, 3.63) is 0 Å². The maximum atomic E-state index is 9.88. The standard InChI is InChI=1S/C17H34N2O/c1-3-8-15-9-5-6-12-19(15)16-10-7-11-17(13-16,14-20)18-4-2/h15-16,18,20H,3-14H2,1-2H3. The summed E-state index contributed by atoms with van der Waals surface area (Å²) in [4.78, 5) is 2.80. The number of rotatable bonds is 6. The van der Waals surface area contributed by atoms with Gasteiger partial charge >= 0.3 is 0 Å². The Morgan fingerprint density at radius 2 is 2.05 bits per heavy atom. The van der Waals surface area contributed by atoms with E-state index in [1.807, 2.05) is 0 Å². The van der Waals surface area contributed by atoms with Crippen molar-refractivity contribution in [2.24, 2.45) is 0 Å². The number of likely N-dealkylation sites (N-methyl/N-ethyl adjacent to an activating group) is 1. The Kier molecular flexibility index (Phi) is 6.31. The summed E-state index contributed by atoms with van der Waals surface area (Å²) >= 11 is 0. The summed E-state index contributed by atoms with van der Waals surface area (Å²) in [6.45, 7) is 7.00. The van der Waals surface area contributed by atoms with E-state index in [0.717, 1.165) is 25.4 Å². The Bertz CT molecular complexity index is 278. The number of hydrogen-bond acceptors (Lipinski definition) is 3.